The van der Waals surface area contributed by atoms with E-state index < -0.39 is 0 Å². The van der Waals surface area contributed by atoms with Crippen LogP contribution >= 0.6 is 23.2 Å². The summed E-state index contributed by atoms with van der Waals surface area (Å²) in [5, 5.41) is 3.77. The van der Waals surface area contributed by atoms with Gasteiger partial charge in [-0.1, -0.05) is 75.4 Å². The average Bonchev–Trinajstić information content (AvgIpc) is 2.95. The van der Waals surface area contributed by atoms with E-state index in [1.807, 2.05) is 4.57 Å². The van der Waals surface area contributed by atoms with E-state index in [4.69, 9.17) is 23.2 Å². The number of imidazole rings is 1. The molecular weight excluding hydrogens is 375 g/mol. The normalized spacial score (nSPS) is 11.4. The van der Waals surface area contributed by atoms with Crippen molar-refractivity contribution < 1.29 is 4.57 Å². The third-order valence-corrected chi connectivity index (χ3v) is 6.01. The molecule has 0 N–H and O–H groups in total. The molecule has 0 saturated heterocycles. The first-order chi connectivity index (χ1) is 13.2. The highest BCUT2D eigenvalue weighted by atomic mass is 35.5. The molecular formula is C23H29Cl2N2+. The van der Waals surface area contributed by atoms with E-state index in [1.165, 1.54) is 54.9 Å². The standard InChI is InChI=1S/C23H29Cl2N2/c1-2-3-4-5-6-7-10-15-26-18-27(23(25)22(26)24)17-19-13-14-20-11-8-9-12-21(20)16-19/h8-9,11-14,16,18H,2-7,10,15,17H2,1H3/q+1. The molecule has 4 heteroatoms. The first kappa shape index (κ1) is 20.2. The third kappa shape index (κ3) is 5.49. The zero-order valence-electron chi connectivity index (χ0n) is 16.1. The highest BCUT2D eigenvalue weighted by Crippen LogP contribution is 2.21. The van der Waals surface area contributed by atoms with Crippen molar-refractivity contribution in [2.75, 3.05) is 0 Å². The Kier molecular flexibility index (Phi) is 7.60. The minimum atomic E-state index is 0.618. The molecule has 27 heavy (non-hydrogen) atoms. The van der Waals surface area contributed by atoms with Gasteiger partial charge in [0.25, 0.3) is 10.3 Å². The van der Waals surface area contributed by atoms with Crippen molar-refractivity contribution in [2.45, 2.75) is 65.0 Å². The predicted octanol–water partition coefficient (Wildman–Crippen LogP) is 7.03. The summed E-state index contributed by atoms with van der Waals surface area (Å²) in [6.07, 6.45) is 11.1. The van der Waals surface area contributed by atoms with E-state index in [9.17, 15) is 0 Å². The molecule has 1 heterocycles. The largest absolute Gasteiger partial charge is 0.255 e. The lowest BCUT2D eigenvalue weighted by atomic mass is 10.1. The molecule has 1 aromatic heterocycles. The summed E-state index contributed by atoms with van der Waals surface area (Å²) in [7, 11) is 0. The SMILES string of the molecule is CCCCCCCCCn1c[n+](Cc2ccc3ccccc3c2)c(Cl)c1Cl. The van der Waals surface area contributed by atoms with E-state index in [0.717, 1.165) is 19.5 Å². The fraction of sp³-hybridized carbons (Fsp3) is 0.435. The van der Waals surface area contributed by atoms with Gasteiger partial charge in [0, 0.05) is 0 Å². The van der Waals surface area contributed by atoms with E-state index >= 15 is 0 Å². The number of rotatable bonds is 10. The maximum absolute atomic E-state index is 6.49. The minimum absolute atomic E-state index is 0.618. The summed E-state index contributed by atoms with van der Waals surface area (Å²) in [5.74, 6) is 0. The molecule has 0 fully saturated rings. The molecule has 144 valence electrons. The summed E-state index contributed by atoms with van der Waals surface area (Å²) in [5.41, 5.74) is 1.23. The monoisotopic (exact) mass is 403 g/mol. The number of fused-ring (bicyclic) bond motifs is 1. The summed E-state index contributed by atoms with van der Waals surface area (Å²) in [4.78, 5) is 0. The molecule has 0 aliphatic rings. The zero-order chi connectivity index (χ0) is 19.1. The van der Waals surface area contributed by atoms with Gasteiger partial charge < -0.3 is 0 Å². The fourth-order valence-electron chi connectivity index (χ4n) is 3.55. The van der Waals surface area contributed by atoms with Crippen molar-refractivity contribution in [1.82, 2.24) is 4.57 Å². The second-order valence-electron chi connectivity index (χ2n) is 7.32. The maximum Gasteiger partial charge on any atom is 0.255 e. The number of unbranched alkanes of at least 4 members (excludes halogenated alkanes) is 6. The van der Waals surface area contributed by atoms with Crippen LogP contribution in [0.15, 0.2) is 48.8 Å². The molecule has 0 unspecified atom stereocenters. The van der Waals surface area contributed by atoms with Gasteiger partial charge in [0.05, 0.1) is 6.54 Å². The Hall–Kier alpha value is -1.51. The van der Waals surface area contributed by atoms with Crippen LogP contribution in [0.2, 0.25) is 10.3 Å². The summed E-state index contributed by atoms with van der Waals surface area (Å²) >= 11 is 13.0. The van der Waals surface area contributed by atoms with Gasteiger partial charge in [0.15, 0.2) is 0 Å². The highest BCUT2D eigenvalue weighted by Gasteiger charge is 2.20. The fourth-order valence-corrected chi connectivity index (χ4v) is 3.99. The van der Waals surface area contributed by atoms with Crippen LogP contribution in [0.5, 0.6) is 0 Å². The number of benzene rings is 2. The summed E-state index contributed by atoms with van der Waals surface area (Å²) < 4.78 is 4.12. The van der Waals surface area contributed by atoms with Crippen LogP contribution in [0.1, 0.15) is 57.4 Å². The molecule has 0 aliphatic heterocycles. The molecule has 3 rings (SSSR count). The molecule has 0 saturated carbocycles. The maximum atomic E-state index is 6.49. The lowest BCUT2D eigenvalue weighted by Crippen LogP contribution is -2.33. The van der Waals surface area contributed by atoms with E-state index in [-0.39, 0.29) is 0 Å². The van der Waals surface area contributed by atoms with Crippen molar-refractivity contribution in [3.63, 3.8) is 0 Å². The Bertz CT molecular complexity index is 870. The van der Waals surface area contributed by atoms with E-state index in [2.05, 4.69) is 60.3 Å². The van der Waals surface area contributed by atoms with Gasteiger partial charge >= 0.3 is 0 Å². The Morgan fingerprint density at radius 3 is 2.33 bits per heavy atom. The summed E-state index contributed by atoms with van der Waals surface area (Å²) in [6, 6.07) is 15.0. The first-order valence-electron chi connectivity index (χ1n) is 10.1. The molecule has 0 aliphatic carbocycles. The van der Waals surface area contributed by atoms with Crippen LogP contribution in [0.4, 0.5) is 0 Å². The van der Waals surface area contributed by atoms with Gasteiger partial charge in [0.1, 0.15) is 6.54 Å². The van der Waals surface area contributed by atoms with Gasteiger partial charge in [-0.2, -0.15) is 0 Å². The van der Waals surface area contributed by atoms with Crippen molar-refractivity contribution in [2.24, 2.45) is 0 Å². The average molecular weight is 404 g/mol. The van der Waals surface area contributed by atoms with Crippen molar-refractivity contribution in [1.29, 1.82) is 0 Å². The molecule has 2 aromatic carbocycles. The second-order valence-corrected chi connectivity index (χ2v) is 8.04. The number of aryl methyl sites for hydroxylation is 1. The quantitative estimate of drug-likeness (QED) is 0.253. The van der Waals surface area contributed by atoms with Gasteiger partial charge in [-0.25, -0.2) is 9.13 Å². The topological polar surface area (TPSA) is 8.81 Å². The van der Waals surface area contributed by atoms with Crippen molar-refractivity contribution >= 4 is 34.0 Å². The number of hydrogen-bond acceptors (Lipinski definition) is 0. The molecule has 0 radical (unpaired) electrons. The molecule has 0 amide bonds. The van der Waals surface area contributed by atoms with Gasteiger partial charge in [-0.15, -0.1) is 0 Å². The molecule has 0 atom stereocenters. The molecule has 3 aromatic rings. The first-order valence-corrected chi connectivity index (χ1v) is 10.9. The Balaban J connectivity index is 1.58. The number of halogens is 2. The predicted molar refractivity (Wildman–Crippen MR) is 116 cm³/mol. The van der Waals surface area contributed by atoms with E-state index in [0.29, 0.717) is 10.3 Å². The molecule has 2 nitrogen and oxygen atoms in total. The Morgan fingerprint density at radius 1 is 0.852 bits per heavy atom. The Labute approximate surface area is 172 Å². The van der Waals surface area contributed by atoms with E-state index in [1.54, 1.807) is 0 Å². The molecule has 0 bridgehead atoms. The van der Waals surface area contributed by atoms with Gasteiger partial charge in [-0.05, 0) is 58.4 Å². The van der Waals surface area contributed by atoms with Gasteiger partial charge in [0.2, 0.25) is 6.33 Å². The van der Waals surface area contributed by atoms with Crippen molar-refractivity contribution in [3.8, 4) is 0 Å². The number of hydrogen-bond donors (Lipinski definition) is 0. The summed E-state index contributed by atoms with van der Waals surface area (Å²) in [6.45, 7) is 3.91. The molecule has 0 spiro atoms. The lowest BCUT2D eigenvalue weighted by molar-refractivity contribution is -0.685. The highest BCUT2D eigenvalue weighted by molar-refractivity contribution is 6.39. The van der Waals surface area contributed by atoms with Crippen molar-refractivity contribution in [3.05, 3.63) is 64.7 Å². The van der Waals surface area contributed by atoms with Crippen LogP contribution in [-0.2, 0) is 13.1 Å². The zero-order valence-corrected chi connectivity index (χ0v) is 17.6. The van der Waals surface area contributed by atoms with Crippen LogP contribution in [0, 0.1) is 0 Å². The van der Waals surface area contributed by atoms with Crippen LogP contribution in [0.3, 0.4) is 0 Å². The minimum Gasteiger partial charge on any atom is -0.219 e. The lowest BCUT2D eigenvalue weighted by Gasteiger charge is -2.02. The second kappa shape index (κ2) is 10.1. The third-order valence-electron chi connectivity index (χ3n) is 5.12. The van der Waals surface area contributed by atoms with Crippen LogP contribution in [-0.4, -0.2) is 4.57 Å². The van der Waals surface area contributed by atoms with Gasteiger partial charge in [-0.3, -0.25) is 0 Å². The van der Waals surface area contributed by atoms with Crippen LogP contribution in [0.25, 0.3) is 10.8 Å². The number of nitrogens with zero attached hydrogens (tertiary/aromatic N) is 2. The van der Waals surface area contributed by atoms with Crippen LogP contribution < -0.4 is 4.57 Å². The Morgan fingerprint density at radius 2 is 1.56 bits per heavy atom. The number of aromatic nitrogens is 2. The smallest absolute Gasteiger partial charge is 0.219 e.